The average molecular weight is 371 g/mol. The molecule has 1 fully saturated rings. The van der Waals surface area contributed by atoms with Gasteiger partial charge in [-0.2, -0.15) is 5.10 Å². The van der Waals surface area contributed by atoms with E-state index < -0.39 is 5.41 Å². The summed E-state index contributed by atoms with van der Waals surface area (Å²) in [5.74, 6) is 0.805. The zero-order chi connectivity index (χ0) is 19.6. The number of likely N-dealkylation sites (tertiary alicyclic amines) is 1. The third kappa shape index (κ3) is 4.47. The highest BCUT2D eigenvalue weighted by molar-refractivity contribution is 5.82. The second-order valence-electron chi connectivity index (χ2n) is 8.15. The molecule has 3 rings (SSSR count). The van der Waals surface area contributed by atoms with Crippen LogP contribution in [0.25, 0.3) is 0 Å². The molecule has 0 radical (unpaired) electrons. The SMILES string of the molecule is Cc1cccnc1OCC(C)(C)C(=O)NC1CN(C)CC1c1cnn(C)c1. The fourth-order valence-electron chi connectivity index (χ4n) is 3.42. The lowest BCUT2D eigenvalue weighted by atomic mass is 9.91. The van der Waals surface area contributed by atoms with Crippen molar-refractivity contribution in [2.75, 3.05) is 26.7 Å². The van der Waals surface area contributed by atoms with Crippen LogP contribution in [0.5, 0.6) is 5.88 Å². The summed E-state index contributed by atoms with van der Waals surface area (Å²) in [6.45, 7) is 7.75. The Morgan fingerprint density at radius 2 is 2.15 bits per heavy atom. The molecule has 0 aromatic carbocycles. The Kier molecular flexibility index (Phi) is 5.51. The van der Waals surface area contributed by atoms with Gasteiger partial charge >= 0.3 is 0 Å². The van der Waals surface area contributed by atoms with Crippen LogP contribution in [0.3, 0.4) is 0 Å². The van der Waals surface area contributed by atoms with Gasteiger partial charge in [0.15, 0.2) is 0 Å². The molecule has 3 heterocycles. The molecule has 1 amide bonds. The highest BCUT2D eigenvalue weighted by atomic mass is 16.5. The van der Waals surface area contributed by atoms with Crippen LogP contribution in [-0.2, 0) is 11.8 Å². The van der Waals surface area contributed by atoms with Gasteiger partial charge in [-0.3, -0.25) is 9.48 Å². The largest absolute Gasteiger partial charge is 0.476 e. The molecule has 2 aromatic rings. The van der Waals surface area contributed by atoms with Gasteiger partial charge in [0.25, 0.3) is 0 Å². The molecule has 1 aliphatic rings. The molecule has 0 spiro atoms. The van der Waals surface area contributed by atoms with Crippen LogP contribution >= 0.6 is 0 Å². The van der Waals surface area contributed by atoms with Gasteiger partial charge in [-0.05, 0) is 39.4 Å². The maximum atomic E-state index is 13.0. The average Bonchev–Trinajstić information content (AvgIpc) is 3.19. The van der Waals surface area contributed by atoms with Gasteiger partial charge in [-0.25, -0.2) is 4.98 Å². The summed E-state index contributed by atoms with van der Waals surface area (Å²) in [7, 11) is 3.99. The van der Waals surface area contributed by atoms with Gasteiger partial charge in [0.2, 0.25) is 11.8 Å². The van der Waals surface area contributed by atoms with Crippen molar-refractivity contribution >= 4 is 5.91 Å². The summed E-state index contributed by atoms with van der Waals surface area (Å²) < 4.78 is 7.63. The fourth-order valence-corrected chi connectivity index (χ4v) is 3.42. The number of nitrogens with zero attached hydrogens (tertiary/aromatic N) is 4. The second kappa shape index (κ2) is 7.68. The standard InChI is InChI=1S/C20H29N5O2/c1-14-7-6-8-21-18(14)27-13-20(2,3)19(26)23-17-12-24(4)11-16(17)15-9-22-25(5)10-15/h6-10,16-17H,11-13H2,1-5H3,(H,23,26). The smallest absolute Gasteiger partial charge is 0.229 e. The normalized spacial score (nSPS) is 20.6. The molecular formula is C20H29N5O2. The molecule has 1 N–H and O–H groups in total. The first-order chi connectivity index (χ1) is 12.8. The monoisotopic (exact) mass is 371 g/mol. The molecule has 7 heteroatoms. The minimum absolute atomic E-state index is 0.00901. The minimum atomic E-state index is -0.662. The summed E-state index contributed by atoms with van der Waals surface area (Å²) in [5.41, 5.74) is 1.46. The minimum Gasteiger partial charge on any atom is -0.476 e. The molecule has 27 heavy (non-hydrogen) atoms. The van der Waals surface area contributed by atoms with Crippen molar-refractivity contribution in [1.82, 2.24) is 25.0 Å². The molecule has 0 saturated carbocycles. The van der Waals surface area contributed by atoms with Crippen molar-refractivity contribution < 1.29 is 9.53 Å². The van der Waals surface area contributed by atoms with Crippen molar-refractivity contribution in [3.05, 3.63) is 41.9 Å². The van der Waals surface area contributed by atoms with Crippen LogP contribution in [0, 0.1) is 12.3 Å². The Balaban J connectivity index is 1.64. The molecule has 0 bridgehead atoms. The summed E-state index contributed by atoms with van der Waals surface area (Å²) in [4.78, 5) is 19.4. The molecule has 2 aromatic heterocycles. The second-order valence-corrected chi connectivity index (χ2v) is 8.15. The topological polar surface area (TPSA) is 72.3 Å². The zero-order valence-corrected chi connectivity index (χ0v) is 16.8. The zero-order valence-electron chi connectivity index (χ0n) is 16.8. The number of hydrogen-bond donors (Lipinski definition) is 1. The summed E-state index contributed by atoms with van der Waals surface area (Å²) in [6.07, 6.45) is 5.62. The number of carbonyl (C=O) groups excluding carboxylic acids is 1. The van der Waals surface area contributed by atoms with Crippen LogP contribution in [0.15, 0.2) is 30.7 Å². The maximum Gasteiger partial charge on any atom is 0.229 e. The van der Waals surface area contributed by atoms with Crippen molar-refractivity contribution in [3.8, 4) is 5.88 Å². The lowest BCUT2D eigenvalue weighted by molar-refractivity contribution is -0.131. The predicted molar refractivity (Wildman–Crippen MR) is 104 cm³/mol. The van der Waals surface area contributed by atoms with Crippen LogP contribution in [0.2, 0.25) is 0 Å². The van der Waals surface area contributed by atoms with E-state index in [0.29, 0.717) is 5.88 Å². The number of aryl methyl sites for hydroxylation is 2. The van der Waals surface area contributed by atoms with E-state index in [-0.39, 0.29) is 24.5 Å². The predicted octanol–water partition coefficient (Wildman–Crippen LogP) is 1.74. The molecule has 1 aliphatic heterocycles. The molecule has 2 unspecified atom stereocenters. The van der Waals surface area contributed by atoms with E-state index in [9.17, 15) is 4.79 Å². The van der Waals surface area contributed by atoms with Gasteiger partial charge in [0.1, 0.15) is 6.61 Å². The first-order valence-corrected chi connectivity index (χ1v) is 9.29. The lowest BCUT2D eigenvalue weighted by Crippen LogP contribution is -2.47. The summed E-state index contributed by atoms with van der Waals surface area (Å²) in [6, 6.07) is 3.87. The van der Waals surface area contributed by atoms with E-state index >= 15 is 0 Å². The van der Waals surface area contributed by atoms with Gasteiger partial charge in [-0.15, -0.1) is 0 Å². The van der Waals surface area contributed by atoms with E-state index in [1.54, 1.807) is 10.9 Å². The maximum absolute atomic E-state index is 13.0. The third-order valence-corrected chi connectivity index (χ3v) is 5.12. The van der Waals surface area contributed by atoms with Crippen LogP contribution in [-0.4, -0.2) is 58.4 Å². The summed E-state index contributed by atoms with van der Waals surface area (Å²) >= 11 is 0. The number of carbonyl (C=O) groups is 1. The van der Waals surface area contributed by atoms with Crippen molar-refractivity contribution in [2.45, 2.75) is 32.7 Å². The van der Waals surface area contributed by atoms with Crippen molar-refractivity contribution in [2.24, 2.45) is 12.5 Å². The highest BCUT2D eigenvalue weighted by Crippen LogP contribution is 2.28. The lowest BCUT2D eigenvalue weighted by Gasteiger charge is -2.27. The first-order valence-electron chi connectivity index (χ1n) is 9.29. The number of pyridine rings is 1. The number of ether oxygens (including phenoxy) is 1. The van der Waals surface area contributed by atoms with E-state index in [4.69, 9.17) is 4.74 Å². The van der Waals surface area contributed by atoms with Gasteiger partial charge < -0.3 is 15.0 Å². The van der Waals surface area contributed by atoms with Crippen molar-refractivity contribution in [3.63, 3.8) is 0 Å². The Bertz CT molecular complexity index is 801. The van der Waals surface area contributed by atoms with Gasteiger partial charge in [-0.1, -0.05) is 6.07 Å². The Labute approximate surface area is 160 Å². The highest BCUT2D eigenvalue weighted by Gasteiger charge is 2.37. The van der Waals surface area contributed by atoms with Crippen molar-refractivity contribution in [1.29, 1.82) is 0 Å². The fraction of sp³-hybridized carbons (Fsp3) is 0.550. The number of amides is 1. The molecule has 7 nitrogen and oxygen atoms in total. The molecule has 1 saturated heterocycles. The van der Waals surface area contributed by atoms with E-state index in [2.05, 4.69) is 27.3 Å². The van der Waals surface area contributed by atoms with Crippen LogP contribution in [0.1, 0.15) is 30.9 Å². The van der Waals surface area contributed by atoms with E-state index in [1.165, 1.54) is 0 Å². The van der Waals surface area contributed by atoms with Gasteiger partial charge in [0.05, 0.1) is 11.6 Å². The van der Waals surface area contributed by atoms with Crippen LogP contribution < -0.4 is 10.1 Å². The Morgan fingerprint density at radius 1 is 1.37 bits per heavy atom. The first kappa shape index (κ1) is 19.4. The van der Waals surface area contributed by atoms with Crippen LogP contribution in [0.4, 0.5) is 0 Å². The molecule has 0 aliphatic carbocycles. The van der Waals surface area contributed by atoms with Gasteiger partial charge in [0, 0.05) is 50.1 Å². The third-order valence-electron chi connectivity index (χ3n) is 5.12. The molecule has 146 valence electrons. The van der Waals surface area contributed by atoms with E-state index in [1.807, 2.05) is 52.3 Å². The molecule has 2 atom stereocenters. The quantitative estimate of drug-likeness (QED) is 0.837. The Morgan fingerprint density at radius 3 is 2.81 bits per heavy atom. The summed E-state index contributed by atoms with van der Waals surface area (Å²) in [5, 5.41) is 7.52. The number of likely N-dealkylation sites (N-methyl/N-ethyl adjacent to an activating group) is 1. The number of hydrogen-bond acceptors (Lipinski definition) is 5. The number of rotatable bonds is 6. The Hall–Kier alpha value is -2.41. The number of aromatic nitrogens is 3. The number of nitrogens with one attached hydrogen (secondary N) is 1. The van der Waals surface area contributed by atoms with E-state index in [0.717, 1.165) is 24.2 Å². The molecular weight excluding hydrogens is 342 g/mol.